The van der Waals surface area contributed by atoms with Crippen molar-refractivity contribution in [2.45, 2.75) is 19.1 Å². The summed E-state index contributed by atoms with van der Waals surface area (Å²) in [6.07, 6.45) is 0. The Labute approximate surface area is 146 Å². The fraction of sp³-hybridized carbons (Fsp3) is 0.400. The van der Waals surface area contributed by atoms with E-state index in [4.69, 9.17) is 9.47 Å². The second-order valence-electron chi connectivity index (χ2n) is 6.47. The Bertz CT molecular complexity index is 616. The van der Waals surface area contributed by atoms with Crippen LogP contribution in [-0.4, -0.2) is 30.8 Å². The highest BCUT2D eigenvalue weighted by atomic mass is 19.3. The SMILES string of the molecule is OC[C@@H]1C(F)(F)C1(COCc1ccccc1)COCc1ccccc1. The fourth-order valence-corrected chi connectivity index (χ4v) is 3.17. The van der Waals surface area contributed by atoms with Crippen molar-refractivity contribution in [3.8, 4) is 0 Å². The minimum Gasteiger partial charge on any atom is -0.396 e. The first-order valence-corrected chi connectivity index (χ1v) is 8.32. The Balaban J connectivity index is 1.57. The van der Waals surface area contributed by atoms with Crippen LogP contribution >= 0.6 is 0 Å². The number of alkyl halides is 2. The van der Waals surface area contributed by atoms with E-state index in [9.17, 15) is 13.9 Å². The van der Waals surface area contributed by atoms with Crippen LogP contribution in [0.25, 0.3) is 0 Å². The zero-order valence-corrected chi connectivity index (χ0v) is 13.9. The number of aliphatic hydroxyl groups is 1. The van der Waals surface area contributed by atoms with Crippen LogP contribution in [0.3, 0.4) is 0 Å². The van der Waals surface area contributed by atoms with E-state index < -0.39 is 23.9 Å². The third-order valence-electron chi connectivity index (χ3n) is 4.81. The maximum atomic E-state index is 14.2. The number of halogens is 2. The molecular weight excluding hydrogens is 326 g/mol. The van der Waals surface area contributed by atoms with Gasteiger partial charge in [0.1, 0.15) is 0 Å². The minimum atomic E-state index is -2.98. The molecule has 25 heavy (non-hydrogen) atoms. The van der Waals surface area contributed by atoms with Crippen LogP contribution in [0.1, 0.15) is 11.1 Å². The van der Waals surface area contributed by atoms with Gasteiger partial charge in [0.2, 0.25) is 0 Å². The molecule has 0 aliphatic heterocycles. The van der Waals surface area contributed by atoms with Gasteiger partial charge >= 0.3 is 0 Å². The first-order chi connectivity index (χ1) is 12.1. The van der Waals surface area contributed by atoms with Crippen molar-refractivity contribution in [3.05, 3.63) is 71.8 Å². The smallest absolute Gasteiger partial charge is 0.264 e. The van der Waals surface area contributed by atoms with E-state index in [1.165, 1.54) is 0 Å². The van der Waals surface area contributed by atoms with Crippen LogP contribution in [-0.2, 0) is 22.7 Å². The second kappa shape index (κ2) is 7.60. The summed E-state index contributed by atoms with van der Waals surface area (Å²) < 4.78 is 39.6. The Kier molecular flexibility index (Phi) is 5.47. The van der Waals surface area contributed by atoms with Gasteiger partial charge in [0.25, 0.3) is 5.92 Å². The van der Waals surface area contributed by atoms with Gasteiger partial charge in [-0.3, -0.25) is 0 Å². The molecule has 0 unspecified atom stereocenters. The summed E-state index contributed by atoms with van der Waals surface area (Å²) in [5, 5.41) is 9.32. The van der Waals surface area contributed by atoms with Crippen molar-refractivity contribution in [2.24, 2.45) is 11.3 Å². The molecule has 0 bridgehead atoms. The molecule has 134 valence electrons. The van der Waals surface area contributed by atoms with E-state index >= 15 is 0 Å². The lowest BCUT2D eigenvalue weighted by atomic mass is 10.1. The summed E-state index contributed by atoms with van der Waals surface area (Å²) in [5.41, 5.74) is 0.394. The quantitative estimate of drug-likeness (QED) is 0.752. The molecule has 1 atom stereocenters. The molecule has 1 saturated carbocycles. The van der Waals surface area contributed by atoms with Crippen molar-refractivity contribution in [1.82, 2.24) is 0 Å². The van der Waals surface area contributed by atoms with Crippen molar-refractivity contribution >= 4 is 0 Å². The van der Waals surface area contributed by atoms with Crippen molar-refractivity contribution in [3.63, 3.8) is 0 Å². The zero-order chi connectivity index (χ0) is 17.8. The summed E-state index contributed by atoms with van der Waals surface area (Å²) in [4.78, 5) is 0. The largest absolute Gasteiger partial charge is 0.396 e. The lowest BCUT2D eigenvalue weighted by Crippen LogP contribution is -2.25. The van der Waals surface area contributed by atoms with Gasteiger partial charge in [-0.15, -0.1) is 0 Å². The standard InChI is InChI=1S/C20H22F2O3/c21-20(22)18(11-23)19(20,14-24-12-16-7-3-1-4-8-16)15-25-13-17-9-5-2-6-10-17/h1-10,18,23H,11-15H2/t18-/m0/s1. The summed E-state index contributed by atoms with van der Waals surface area (Å²) in [5.74, 6) is -4.10. The first-order valence-electron chi connectivity index (χ1n) is 8.32. The molecule has 0 saturated heterocycles. The molecule has 1 fully saturated rings. The average molecular weight is 348 g/mol. The van der Waals surface area contributed by atoms with Gasteiger partial charge < -0.3 is 14.6 Å². The molecule has 0 radical (unpaired) electrons. The molecule has 1 N–H and O–H groups in total. The second-order valence-corrected chi connectivity index (χ2v) is 6.47. The van der Waals surface area contributed by atoms with Crippen LogP contribution in [0.5, 0.6) is 0 Å². The Hall–Kier alpha value is -1.82. The Morgan fingerprint density at radius 1 is 0.800 bits per heavy atom. The molecule has 3 nitrogen and oxygen atoms in total. The molecule has 1 aliphatic carbocycles. The Morgan fingerprint density at radius 3 is 1.60 bits per heavy atom. The topological polar surface area (TPSA) is 38.7 Å². The van der Waals surface area contributed by atoms with Crippen molar-refractivity contribution in [2.75, 3.05) is 19.8 Å². The lowest BCUT2D eigenvalue weighted by molar-refractivity contribution is -0.0431. The van der Waals surface area contributed by atoms with Gasteiger partial charge in [-0.25, -0.2) is 8.78 Å². The van der Waals surface area contributed by atoms with Crippen LogP contribution in [0, 0.1) is 11.3 Å². The normalized spacial score (nSPS) is 20.4. The van der Waals surface area contributed by atoms with Gasteiger partial charge in [0.15, 0.2) is 0 Å². The molecule has 0 aromatic heterocycles. The predicted molar refractivity (Wildman–Crippen MR) is 90.2 cm³/mol. The fourth-order valence-electron chi connectivity index (χ4n) is 3.17. The van der Waals surface area contributed by atoms with Crippen molar-refractivity contribution in [1.29, 1.82) is 0 Å². The number of ether oxygens (including phenoxy) is 2. The number of hydrogen-bond donors (Lipinski definition) is 1. The van der Waals surface area contributed by atoms with Crippen LogP contribution in [0.2, 0.25) is 0 Å². The first kappa shape index (κ1) is 18.0. The zero-order valence-electron chi connectivity index (χ0n) is 13.9. The maximum Gasteiger partial charge on any atom is 0.264 e. The highest BCUT2D eigenvalue weighted by Gasteiger charge is 2.80. The summed E-state index contributed by atoms with van der Waals surface area (Å²) >= 11 is 0. The molecule has 0 spiro atoms. The van der Waals surface area contributed by atoms with E-state index in [0.717, 1.165) is 11.1 Å². The minimum absolute atomic E-state index is 0.144. The number of aliphatic hydroxyl groups excluding tert-OH is 1. The molecule has 0 heterocycles. The van der Waals surface area contributed by atoms with Crippen LogP contribution < -0.4 is 0 Å². The van der Waals surface area contributed by atoms with Gasteiger partial charge in [0.05, 0.1) is 44.4 Å². The van der Waals surface area contributed by atoms with Crippen LogP contribution in [0.15, 0.2) is 60.7 Å². The number of hydrogen-bond acceptors (Lipinski definition) is 3. The van der Waals surface area contributed by atoms with Crippen molar-refractivity contribution < 1.29 is 23.4 Å². The molecule has 2 aromatic carbocycles. The number of benzene rings is 2. The summed E-state index contributed by atoms with van der Waals surface area (Å²) in [6, 6.07) is 18.8. The van der Waals surface area contributed by atoms with Gasteiger partial charge in [-0.2, -0.15) is 0 Å². The van der Waals surface area contributed by atoms with E-state index in [1.54, 1.807) is 0 Å². The van der Waals surface area contributed by atoms with Gasteiger partial charge in [-0.1, -0.05) is 60.7 Å². The van der Waals surface area contributed by atoms with Gasteiger partial charge in [-0.05, 0) is 11.1 Å². The average Bonchev–Trinajstić information content (AvgIpc) is 3.10. The third-order valence-corrected chi connectivity index (χ3v) is 4.81. The predicted octanol–water partition coefficient (Wildman–Crippen LogP) is 3.66. The van der Waals surface area contributed by atoms with E-state index in [0.29, 0.717) is 0 Å². The molecular formula is C20H22F2O3. The van der Waals surface area contributed by atoms with E-state index in [1.807, 2.05) is 60.7 Å². The molecule has 0 amide bonds. The third kappa shape index (κ3) is 3.73. The summed E-state index contributed by atoms with van der Waals surface area (Å²) in [7, 11) is 0. The van der Waals surface area contributed by atoms with E-state index in [2.05, 4.69) is 0 Å². The summed E-state index contributed by atoms with van der Waals surface area (Å²) in [6.45, 7) is -0.342. The highest BCUT2D eigenvalue weighted by molar-refractivity contribution is 5.19. The number of rotatable bonds is 9. The highest BCUT2D eigenvalue weighted by Crippen LogP contribution is 2.66. The van der Waals surface area contributed by atoms with Crippen LogP contribution in [0.4, 0.5) is 8.78 Å². The van der Waals surface area contributed by atoms with E-state index in [-0.39, 0.29) is 26.4 Å². The molecule has 1 aliphatic rings. The lowest BCUT2D eigenvalue weighted by Gasteiger charge is -2.18. The molecule has 5 heteroatoms. The molecule has 2 aromatic rings. The monoisotopic (exact) mass is 348 g/mol. The maximum absolute atomic E-state index is 14.2. The van der Waals surface area contributed by atoms with Gasteiger partial charge in [0, 0.05) is 0 Å². The molecule has 3 rings (SSSR count). The Morgan fingerprint density at radius 2 is 1.24 bits per heavy atom.